The zero-order valence-corrected chi connectivity index (χ0v) is 32.1. The summed E-state index contributed by atoms with van der Waals surface area (Å²) in [6, 6.07) is 26.0. The summed E-state index contributed by atoms with van der Waals surface area (Å²) in [5.74, 6) is -0.483. The van der Waals surface area contributed by atoms with E-state index in [1.807, 2.05) is 42.1 Å². The van der Waals surface area contributed by atoms with Crippen LogP contribution in [0, 0.1) is 13.8 Å². The van der Waals surface area contributed by atoms with Crippen molar-refractivity contribution in [3.8, 4) is 28.0 Å². The number of hydrogen-bond acceptors (Lipinski definition) is 8. The van der Waals surface area contributed by atoms with Gasteiger partial charge in [0.2, 0.25) is 5.91 Å². The molecule has 5 N–H and O–H groups in total. The number of aliphatic carboxylic acids is 1. The lowest BCUT2D eigenvalue weighted by molar-refractivity contribution is -0.140. The number of carboxylic acids is 1. The topological polar surface area (TPSA) is 151 Å². The number of rotatable bonds is 16. The van der Waals surface area contributed by atoms with Crippen molar-refractivity contribution in [3.05, 3.63) is 136 Å². The minimum absolute atomic E-state index is 0.120. The molecule has 12 heteroatoms. The number of carboxylic acid groups (broad SMARTS) is 1. The van der Waals surface area contributed by atoms with Gasteiger partial charge in [-0.05, 0) is 89.0 Å². The van der Waals surface area contributed by atoms with Crippen LogP contribution in [0.4, 0.5) is 0 Å². The fourth-order valence-corrected chi connectivity index (χ4v) is 7.49. The first-order valence-corrected chi connectivity index (χ1v) is 19.1. The summed E-state index contributed by atoms with van der Waals surface area (Å²) >= 11 is 6.89. The Kier molecular flexibility index (Phi) is 12.1. The number of carbonyl (C=O) groups excluding carboxylic acids is 1. The van der Waals surface area contributed by atoms with Crippen molar-refractivity contribution in [3.63, 3.8) is 0 Å². The third kappa shape index (κ3) is 8.93. The normalized spacial score (nSPS) is 14.6. The van der Waals surface area contributed by atoms with Crippen LogP contribution in [-0.4, -0.2) is 62.1 Å². The van der Waals surface area contributed by atoms with Crippen molar-refractivity contribution in [2.45, 2.75) is 65.0 Å². The van der Waals surface area contributed by atoms with E-state index in [0.717, 1.165) is 69.4 Å². The molecule has 4 aromatic carbocycles. The van der Waals surface area contributed by atoms with Crippen LogP contribution in [-0.2, 0) is 35.8 Å². The van der Waals surface area contributed by atoms with E-state index < -0.39 is 18.6 Å². The molecular formula is C44H45ClN6O5. The molecule has 0 bridgehead atoms. The monoisotopic (exact) mass is 772 g/mol. The second-order valence-electron chi connectivity index (χ2n) is 14.3. The van der Waals surface area contributed by atoms with Gasteiger partial charge in [-0.2, -0.15) is 5.10 Å². The van der Waals surface area contributed by atoms with Crippen molar-refractivity contribution < 1.29 is 24.5 Å². The summed E-state index contributed by atoms with van der Waals surface area (Å²) < 4.78 is 8.22. The summed E-state index contributed by atoms with van der Waals surface area (Å²) in [6.07, 6.45) is 6.90. The Labute approximate surface area is 330 Å². The minimum Gasteiger partial charge on any atom is -0.489 e. The number of benzene rings is 4. The maximum absolute atomic E-state index is 11.6. The molecule has 0 saturated carbocycles. The fraction of sp³-hybridized carbons (Fsp3) is 0.273. The Morgan fingerprint density at radius 2 is 1.75 bits per heavy atom. The van der Waals surface area contributed by atoms with Gasteiger partial charge in [0.05, 0.1) is 24.9 Å². The third-order valence-electron chi connectivity index (χ3n) is 10.3. The number of aromatic nitrogens is 3. The molecule has 1 fully saturated rings. The minimum atomic E-state index is -1.15. The number of aliphatic hydroxyl groups excluding tert-OH is 1. The molecule has 1 aliphatic rings. The highest BCUT2D eigenvalue weighted by atomic mass is 35.5. The molecule has 11 nitrogen and oxygen atoms in total. The number of nitrogens with one attached hydrogen (secondary N) is 3. The van der Waals surface area contributed by atoms with Gasteiger partial charge in [0.15, 0.2) is 0 Å². The zero-order chi connectivity index (χ0) is 39.2. The number of halogens is 1. The summed E-state index contributed by atoms with van der Waals surface area (Å²) in [5.41, 5.74) is 11.1. The zero-order valence-electron chi connectivity index (χ0n) is 31.4. The predicted octanol–water partition coefficient (Wildman–Crippen LogP) is 6.57. The number of amides is 1. The van der Waals surface area contributed by atoms with Gasteiger partial charge in [-0.15, -0.1) is 0 Å². The molecule has 0 radical (unpaired) electrons. The van der Waals surface area contributed by atoms with Gasteiger partial charge in [0, 0.05) is 66.0 Å². The lowest BCUT2D eigenvalue weighted by Crippen LogP contribution is -2.39. The number of ether oxygens (including phenoxy) is 1. The maximum atomic E-state index is 11.6. The summed E-state index contributed by atoms with van der Waals surface area (Å²) in [4.78, 5) is 27.3. The van der Waals surface area contributed by atoms with E-state index in [1.165, 1.54) is 11.1 Å². The molecule has 1 aliphatic heterocycles. The number of aliphatic hydroxyl groups is 1. The molecule has 0 aliphatic carbocycles. The summed E-state index contributed by atoms with van der Waals surface area (Å²) in [5, 5.41) is 34.7. The molecule has 2 aromatic heterocycles. The van der Waals surface area contributed by atoms with Crippen molar-refractivity contribution in [2.24, 2.45) is 0 Å². The van der Waals surface area contributed by atoms with Crippen LogP contribution in [0.25, 0.3) is 33.2 Å². The number of fused-ring (bicyclic) bond motifs is 1. The lowest BCUT2D eigenvalue weighted by Gasteiger charge is -2.18. The highest BCUT2D eigenvalue weighted by molar-refractivity contribution is 6.31. The van der Waals surface area contributed by atoms with Crippen molar-refractivity contribution in [2.75, 3.05) is 13.2 Å². The van der Waals surface area contributed by atoms with Crippen molar-refractivity contribution in [1.82, 2.24) is 30.7 Å². The van der Waals surface area contributed by atoms with Crippen LogP contribution in [0.3, 0.4) is 0 Å². The Morgan fingerprint density at radius 3 is 2.50 bits per heavy atom. The second-order valence-corrected chi connectivity index (χ2v) is 14.7. The van der Waals surface area contributed by atoms with Crippen LogP contribution in [0.5, 0.6) is 5.75 Å². The van der Waals surface area contributed by atoms with E-state index >= 15 is 0 Å². The number of nitrogens with zero attached hydrogens (tertiary/aromatic N) is 3. The maximum Gasteiger partial charge on any atom is 0.323 e. The molecular weight excluding hydrogens is 728 g/mol. The van der Waals surface area contributed by atoms with Gasteiger partial charge >= 0.3 is 5.97 Å². The first kappa shape index (κ1) is 38.7. The molecule has 7 rings (SSSR count). The van der Waals surface area contributed by atoms with Gasteiger partial charge < -0.3 is 25.6 Å². The molecule has 1 saturated heterocycles. The number of carbonyl (C=O) groups is 2. The molecule has 0 unspecified atom stereocenters. The lowest BCUT2D eigenvalue weighted by atomic mass is 9.91. The Balaban J connectivity index is 1.12. The van der Waals surface area contributed by atoms with Crippen molar-refractivity contribution >= 4 is 34.4 Å². The number of pyridine rings is 1. The average Bonchev–Trinajstić information content (AvgIpc) is 3.81. The molecule has 2 atom stereocenters. The van der Waals surface area contributed by atoms with Crippen LogP contribution >= 0.6 is 11.6 Å². The number of hydrogen-bond donors (Lipinski definition) is 5. The predicted molar refractivity (Wildman–Crippen MR) is 217 cm³/mol. The summed E-state index contributed by atoms with van der Waals surface area (Å²) in [7, 11) is 0. The first-order chi connectivity index (χ1) is 27.2. The van der Waals surface area contributed by atoms with Crippen LogP contribution in [0.1, 0.15) is 46.2 Å². The SMILES string of the molecule is Cc1cncc(COc2cc(Cn3ncc4c(-c5cccc(-c6ccc(CNC[C@@H]7CCC(=O)N7)cc6)c5C)cccc43)c(Cl)cc2CN[C@@H](CO)C(=O)O)c1. The first-order valence-electron chi connectivity index (χ1n) is 18.7. The Morgan fingerprint density at radius 1 is 0.964 bits per heavy atom. The van der Waals surface area contributed by atoms with Crippen molar-refractivity contribution in [1.29, 1.82) is 0 Å². The van der Waals surface area contributed by atoms with E-state index in [1.54, 1.807) is 18.5 Å². The smallest absolute Gasteiger partial charge is 0.323 e. The van der Waals surface area contributed by atoms with Crippen LogP contribution in [0.15, 0.2) is 97.5 Å². The van der Waals surface area contributed by atoms with Gasteiger partial charge in [-0.1, -0.05) is 66.2 Å². The molecule has 56 heavy (non-hydrogen) atoms. The molecule has 3 heterocycles. The molecule has 288 valence electrons. The van der Waals surface area contributed by atoms with E-state index in [-0.39, 0.29) is 25.1 Å². The number of aryl methyl sites for hydroxylation is 1. The molecule has 6 aromatic rings. The van der Waals surface area contributed by atoms with E-state index in [9.17, 15) is 19.8 Å². The third-order valence-corrected chi connectivity index (χ3v) is 10.6. The molecule has 0 spiro atoms. The largest absolute Gasteiger partial charge is 0.489 e. The van der Waals surface area contributed by atoms with Gasteiger partial charge in [-0.3, -0.25) is 24.6 Å². The highest BCUT2D eigenvalue weighted by Gasteiger charge is 2.21. The van der Waals surface area contributed by atoms with Crippen LogP contribution in [0.2, 0.25) is 5.02 Å². The summed E-state index contributed by atoms with van der Waals surface area (Å²) in [6.45, 7) is 5.80. The van der Waals surface area contributed by atoms with E-state index in [0.29, 0.717) is 29.3 Å². The Bertz CT molecular complexity index is 2360. The highest BCUT2D eigenvalue weighted by Crippen LogP contribution is 2.36. The molecule has 1 amide bonds. The van der Waals surface area contributed by atoms with Gasteiger partial charge in [-0.25, -0.2) is 0 Å². The van der Waals surface area contributed by atoms with E-state index in [4.69, 9.17) is 21.4 Å². The van der Waals surface area contributed by atoms with Gasteiger partial charge in [0.25, 0.3) is 0 Å². The fourth-order valence-electron chi connectivity index (χ4n) is 7.24. The van der Waals surface area contributed by atoms with Crippen LogP contribution < -0.4 is 20.7 Å². The average molecular weight is 773 g/mol. The quantitative estimate of drug-likeness (QED) is 0.0737. The van der Waals surface area contributed by atoms with Gasteiger partial charge in [0.1, 0.15) is 18.4 Å². The Hall–Kier alpha value is -5.59. The van der Waals surface area contributed by atoms with E-state index in [2.05, 4.69) is 76.4 Å². The second kappa shape index (κ2) is 17.5. The standard InChI is InChI=1S/C44H45ClN6O5/c1-27-15-30(20-46-18-27)26-56-42-17-33(39(45)16-32(42)21-48-40(25-52)44(54)55)24-51-41-8-4-7-37(38(41)23-49-51)36-6-3-5-35(28(36)2)31-11-9-29(10-12-31)19-47-22-34-13-14-43(53)50-34/h3-12,15-18,20,23,34,40,47-48,52H,13-14,19,21-22,24-26H2,1-2H3,(H,50,53)(H,54,55)/t34-,40-/m0/s1.